The van der Waals surface area contributed by atoms with E-state index < -0.39 is 0 Å². The minimum absolute atomic E-state index is 0.0994. The van der Waals surface area contributed by atoms with E-state index in [1.54, 1.807) is 18.2 Å². The number of nitrogens with zero attached hydrogens (tertiary/aromatic N) is 2. The number of carbonyl (C=O) groups is 1. The van der Waals surface area contributed by atoms with Gasteiger partial charge in [-0.15, -0.1) is 0 Å². The van der Waals surface area contributed by atoms with Gasteiger partial charge in [0.05, 0.1) is 0 Å². The Bertz CT molecular complexity index is 478. The van der Waals surface area contributed by atoms with Crippen molar-refractivity contribution in [1.29, 1.82) is 0 Å². The highest BCUT2D eigenvalue weighted by Gasteiger charge is 2.21. The highest BCUT2D eigenvalue weighted by molar-refractivity contribution is 5.74. The molecule has 1 heterocycles. The van der Waals surface area contributed by atoms with Crippen molar-refractivity contribution in [2.24, 2.45) is 0 Å². The van der Waals surface area contributed by atoms with E-state index in [1.165, 1.54) is 6.07 Å². The average molecular weight is 293 g/mol. The van der Waals surface area contributed by atoms with Gasteiger partial charge in [-0.3, -0.25) is 0 Å². The van der Waals surface area contributed by atoms with Gasteiger partial charge in [0.15, 0.2) is 0 Å². The molecule has 1 N–H and O–H groups in total. The van der Waals surface area contributed by atoms with Crippen LogP contribution in [0, 0.1) is 5.82 Å². The third-order valence-electron chi connectivity index (χ3n) is 4.10. The zero-order valence-corrected chi connectivity index (χ0v) is 12.8. The van der Waals surface area contributed by atoms with Gasteiger partial charge in [0.25, 0.3) is 0 Å². The molecule has 0 aliphatic carbocycles. The molecular formula is C16H24FN3O. The van der Waals surface area contributed by atoms with Crippen LogP contribution in [0.4, 0.5) is 9.18 Å². The molecule has 116 valence electrons. The number of hydrogen-bond acceptors (Lipinski definition) is 2. The third kappa shape index (κ3) is 4.43. The lowest BCUT2D eigenvalue weighted by atomic mass is 10.1. The van der Waals surface area contributed by atoms with E-state index in [2.05, 4.69) is 24.3 Å². The van der Waals surface area contributed by atoms with Gasteiger partial charge in [0.2, 0.25) is 0 Å². The molecule has 2 amide bonds. The molecule has 2 rings (SSSR count). The largest absolute Gasteiger partial charge is 0.334 e. The first-order chi connectivity index (χ1) is 10.1. The summed E-state index contributed by atoms with van der Waals surface area (Å²) in [6, 6.07) is 6.97. The predicted molar refractivity (Wildman–Crippen MR) is 81.5 cm³/mol. The molecule has 1 unspecified atom stereocenters. The van der Waals surface area contributed by atoms with Gasteiger partial charge in [0, 0.05) is 31.2 Å². The molecule has 1 aromatic rings. The molecule has 1 fully saturated rings. The Hall–Kier alpha value is -1.62. The van der Waals surface area contributed by atoms with E-state index in [-0.39, 0.29) is 18.4 Å². The van der Waals surface area contributed by atoms with Crippen molar-refractivity contribution in [3.05, 3.63) is 35.6 Å². The van der Waals surface area contributed by atoms with E-state index in [1.807, 2.05) is 4.90 Å². The second kappa shape index (κ2) is 7.41. The van der Waals surface area contributed by atoms with Crippen molar-refractivity contribution in [3.8, 4) is 0 Å². The molecule has 0 saturated carbocycles. The van der Waals surface area contributed by atoms with E-state index in [9.17, 15) is 9.18 Å². The van der Waals surface area contributed by atoms with Crippen LogP contribution in [-0.2, 0) is 6.54 Å². The van der Waals surface area contributed by atoms with Crippen LogP contribution in [0.25, 0.3) is 0 Å². The molecule has 0 spiro atoms. The fourth-order valence-corrected chi connectivity index (χ4v) is 2.72. The number of hydrogen-bond donors (Lipinski definition) is 1. The first-order valence-corrected chi connectivity index (χ1v) is 7.50. The Kier molecular flexibility index (Phi) is 5.56. The van der Waals surface area contributed by atoms with Gasteiger partial charge in [-0.2, -0.15) is 0 Å². The van der Waals surface area contributed by atoms with Crippen LogP contribution in [0.3, 0.4) is 0 Å². The summed E-state index contributed by atoms with van der Waals surface area (Å²) < 4.78 is 13.5. The van der Waals surface area contributed by atoms with E-state index in [4.69, 9.17) is 0 Å². The Morgan fingerprint density at radius 2 is 2.10 bits per heavy atom. The minimum Gasteiger partial charge on any atom is -0.334 e. The maximum absolute atomic E-state index is 13.5. The van der Waals surface area contributed by atoms with E-state index in [0.29, 0.717) is 11.6 Å². The Morgan fingerprint density at radius 1 is 1.33 bits per heavy atom. The highest BCUT2D eigenvalue weighted by Crippen LogP contribution is 2.15. The number of amides is 2. The third-order valence-corrected chi connectivity index (χ3v) is 4.10. The Labute approximate surface area is 125 Å². The van der Waals surface area contributed by atoms with Crippen LogP contribution in [0.1, 0.15) is 24.8 Å². The second-order valence-electron chi connectivity index (χ2n) is 5.79. The van der Waals surface area contributed by atoms with Gasteiger partial charge in [-0.05, 0) is 39.4 Å². The lowest BCUT2D eigenvalue weighted by molar-refractivity contribution is 0.196. The fraction of sp³-hybridized carbons (Fsp3) is 0.562. The summed E-state index contributed by atoms with van der Waals surface area (Å²) in [7, 11) is 4.16. The van der Waals surface area contributed by atoms with Gasteiger partial charge in [-0.1, -0.05) is 18.2 Å². The van der Waals surface area contributed by atoms with Gasteiger partial charge >= 0.3 is 6.03 Å². The van der Waals surface area contributed by atoms with Crippen molar-refractivity contribution in [1.82, 2.24) is 15.1 Å². The van der Waals surface area contributed by atoms with Crippen molar-refractivity contribution in [2.45, 2.75) is 31.8 Å². The van der Waals surface area contributed by atoms with Crippen LogP contribution in [0.15, 0.2) is 24.3 Å². The van der Waals surface area contributed by atoms with Crippen LogP contribution >= 0.6 is 0 Å². The molecular weight excluding hydrogens is 269 g/mol. The minimum atomic E-state index is -0.277. The second-order valence-corrected chi connectivity index (χ2v) is 5.79. The van der Waals surface area contributed by atoms with Crippen molar-refractivity contribution in [3.63, 3.8) is 0 Å². The normalized spacial score (nSPS) is 19.4. The zero-order chi connectivity index (χ0) is 15.2. The molecule has 0 aromatic heterocycles. The van der Waals surface area contributed by atoms with Crippen LogP contribution in [-0.4, -0.2) is 49.1 Å². The summed E-state index contributed by atoms with van der Waals surface area (Å²) >= 11 is 0. The molecule has 0 bridgehead atoms. The number of benzene rings is 1. The van der Waals surface area contributed by atoms with E-state index in [0.717, 1.165) is 32.4 Å². The zero-order valence-electron chi connectivity index (χ0n) is 12.8. The van der Waals surface area contributed by atoms with Crippen molar-refractivity contribution in [2.75, 3.05) is 27.2 Å². The number of nitrogens with one attached hydrogen (secondary N) is 1. The fourth-order valence-electron chi connectivity index (χ4n) is 2.72. The number of halogens is 1. The summed E-state index contributed by atoms with van der Waals surface area (Å²) in [6.07, 6.45) is 3.11. The topological polar surface area (TPSA) is 35.6 Å². The summed E-state index contributed by atoms with van der Waals surface area (Å²) in [5.74, 6) is -0.277. The predicted octanol–water partition coefficient (Wildman–Crippen LogP) is 2.45. The van der Waals surface area contributed by atoms with E-state index >= 15 is 0 Å². The molecule has 1 aliphatic rings. The SMILES string of the molecule is CN(C)C1CCCN(C(=O)NCc2ccccc2F)CC1. The number of rotatable bonds is 3. The number of urea groups is 1. The van der Waals surface area contributed by atoms with Crippen molar-refractivity contribution >= 4 is 6.03 Å². The first-order valence-electron chi connectivity index (χ1n) is 7.50. The molecule has 4 nitrogen and oxygen atoms in total. The maximum Gasteiger partial charge on any atom is 0.317 e. The van der Waals surface area contributed by atoms with Gasteiger partial charge < -0.3 is 15.1 Å². The lowest BCUT2D eigenvalue weighted by Gasteiger charge is -2.23. The summed E-state index contributed by atoms with van der Waals surface area (Å²) in [5.41, 5.74) is 0.520. The molecule has 1 saturated heterocycles. The molecule has 1 aromatic carbocycles. The maximum atomic E-state index is 13.5. The standard InChI is InChI=1S/C16H24FN3O/c1-19(2)14-7-5-10-20(11-9-14)16(21)18-12-13-6-3-4-8-15(13)17/h3-4,6,8,14H,5,7,9-12H2,1-2H3,(H,18,21). The molecule has 21 heavy (non-hydrogen) atoms. The average Bonchev–Trinajstić information content (AvgIpc) is 2.72. The summed E-state index contributed by atoms with van der Waals surface area (Å²) in [5, 5.41) is 2.81. The van der Waals surface area contributed by atoms with Crippen LogP contribution in [0.2, 0.25) is 0 Å². The number of likely N-dealkylation sites (tertiary alicyclic amines) is 1. The van der Waals surface area contributed by atoms with Gasteiger partial charge in [-0.25, -0.2) is 9.18 Å². The van der Waals surface area contributed by atoms with Crippen molar-refractivity contribution < 1.29 is 9.18 Å². The Balaban J connectivity index is 1.85. The monoisotopic (exact) mass is 293 g/mol. The lowest BCUT2D eigenvalue weighted by Crippen LogP contribution is -2.40. The first kappa shape index (κ1) is 15.8. The van der Waals surface area contributed by atoms with Gasteiger partial charge in [0.1, 0.15) is 5.82 Å². The molecule has 5 heteroatoms. The van der Waals surface area contributed by atoms with Crippen LogP contribution < -0.4 is 5.32 Å². The summed E-state index contributed by atoms with van der Waals surface area (Å²) in [6.45, 7) is 1.76. The smallest absolute Gasteiger partial charge is 0.317 e. The summed E-state index contributed by atoms with van der Waals surface area (Å²) in [4.78, 5) is 16.3. The molecule has 1 aliphatic heterocycles. The Morgan fingerprint density at radius 3 is 2.81 bits per heavy atom. The number of carbonyl (C=O) groups excluding carboxylic acids is 1. The molecule has 1 atom stereocenters. The highest BCUT2D eigenvalue weighted by atomic mass is 19.1. The molecule has 0 radical (unpaired) electrons. The van der Waals surface area contributed by atoms with Crippen LogP contribution in [0.5, 0.6) is 0 Å². The quantitative estimate of drug-likeness (QED) is 0.929.